The van der Waals surface area contributed by atoms with E-state index in [1.807, 2.05) is 86.4 Å². The molecule has 0 N–H and O–H groups in total. The van der Waals surface area contributed by atoms with Gasteiger partial charge in [0.1, 0.15) is 0 Å². The van der Waals surface area contributed by atoms with E-state index in [1.54, 1.807) is 0 Å². The Labute approximate surface area is 231 Å². The molecule has 0 saturated carbocycles. The number of hydrogen-bond donors (Lipinski definition) is 0. The van der Waals surface area contributed by atoms with Gasteiger partial charge in [-0.15, -0.1) is 0 Å². The molecule has 176 valence electrons. The van der Waals surface area contributed by atoms with Crippen LogP contribution >= 0.6 is 27.4 Å². The van der Waals surface area contributed by atoms with Crippen molar-refractivity contribution in [3.05, 3.63) is 157 Å². The van der Waals surface area contributed by atoms with Crippen LogP contribution in [0.3, 0.4) is 0 Å². The first-order valence-electron chi connectivity index (χ1n) is 11.0. The molecule has 0 atom stereocenters. The monoisotopic (exact) mass is 675 g/mol. The summed E-state index contributed by atoms with van der Waals surface area (Å²) < 4.78 is 0. The zero-order chi connectivity index (χ0) is 24.6. The number of nitrogens with zero attached hydrogens (tertiary/aromatic N) is 1. The summed E-state index contributed by atoms with van der Waals surface area (Å²) in [5, 5.41) is 4.02. The average molecular weight is 676 g/mol. The number of para-hydroxylation sites is 1. The van der Waals surface area contributed by atoms with Crippen molar-refractivity contribution in [1.29, 1.82) is 0 Å². The quantitative estimate of drug-likeness (QED) is 0.0600. The number of benzene rings is 5. The average Bonchev–Trinajstić information content (AvgIpc) is 2.97. The van der Waals surface area contributed by atoms with E-state index in [0.29, 0.717) is 0 Å². The summed E-state index contributed by atoms with van der Waals surface area (Å²) in [6, 6.07) is 52.7. The third-order valence-electron chi connectivity index (χ3n) is 4.92. The molecule has 0 spiro atoms. The molecule has 35 heavy (non-hydrogen) atoms. The Kier molecular flexibility index (Phi) is 12.7. The van der Waals surface area contributed by atoms with Gasteiger partial charge in [-0.3, -0.25) is 4.99 Å². The second-order valence-corrected chi connectivity index (χ2v) is 9.42. The number of rotatable bonds is 5. The molecule has 0 amide bonds. The number of hydrogen-bond acceptors (Lipinski definition) is 1. The number of halogens is 1. The third-order valence-corrected chi connectivity index (χ3v) is 7.44. The maximum atomic E-state index is 4.69. The summed E-state index contributed by atoms with van der Waals surface area (Å²) in [6.45, 7) is 0. The molecule has 5 rings (SSSR count). The van der Waals surface area contributed by atoms with Gasteiger partial charge in [0.15, 0.2) is 0 Å². The van der Waals surface area contributed by atoms with Crippen LogP contribution in [0.4, 0.5) is 5.69 Å². The molecule has 0 aliphatic rings. The standard InChI is InChI=1S/C25H20NP.C6H5.HI.Pd/c1-4-13-22(14-5-1)26-20-21-12-10-11-19-25(21)27(23-15-6-2-7-16-23)24-17-8-3-9-18-24;1-2-4-6-5-3-1;;/h1-20H;1-5H;1H;/q;-1;;+2/p-1. The first-order chi connectivity index (χ1) is 17.4. The Morgan fingerprint density at radius 3 is 1.51 bits per heavy atom. The van der Waals surface area contributed by atoms with Crippen molar-refractivity contribution in [3.8, 4) is 0 Å². The van der Waals surface area contributed by atoms with Crippen LogP contribution in [0.1, 0.15) is 5.56 Å². The maximum absolute atomic E-state index is 4.69. The van der Waals surface area contributed by atoms with Crippen LogP contribution in [0.5, 0.6) is 0 Å². The van der Waals surface area contributed by atoms with Gasteiger partial charge in [-0.25, -0.2) is 0 Å². The van der Waals surface area contributed by atoms with Crippen LogP contribution in [-0.4, -0.2) is 6.21 Å². The van der Waals surface area contributed by atoms with Crippen LogP contribution in [0.15, 0.2) is 151 Å². The molecular formula is C31H25INPPd. The summed E-state index contributed by atoms with van der Waals surface area (Å²) in [6.07, 6.45) is 1.99. The number of aliphatic imine (C=N–C) groups is 1. The minimum Gasteiger partial charge on any atom is -0.184 e. The SMILES string of the molecule is C(=Nc1ccccc1)c1ccccc1P(c1ccccc1)c1ccccc1.[Pd+][I].[c-]1ccccc1. The summed E-state index contributed by atoms with van der Waals surface area (Å²) in [4.78, 5) is 4.69. The van der Waals surface area contributed by atoms with E-state index < -0.39 is 7.92 Å². The predicted octanol–water partition coefficient (Wildman–Crippen LogP) is 7.57. The molecule has 5 aromatic carbocycles. The van der Waals surface area contributed by atoms with E-state index in [2.05, 4.69) is 107 Å². The summed E-state index contributed by atoms with van der Waals surface area (Å²) in [7, 11) is -0.638. The van der Waals surface area contributed by atoms with Crippen molar-refractivity contribution < 1.29 is 15.6 Å². The molecule has 4 heteroatoms. The Morgan fingerprint density at radius 2 is 1.03 bits per heavy atom. The molecule has 0 unspecified atom stereocenters. The molecule has 0 aromatic heterocycles. The van der Waals surface area contributed by atoms with Crippen molar-refractivity contribution in [3.63, 3.8) is 0 Å². The van der Waals surface area contributed by atoms with Gasteiger partial charge in [-0.05, 0) is 36.0 Å². The topological polar surface area (TPSA) is 12.4 Å². The van der Waals surface area contributed by atoms with Crippen molar-refractivity contribution in [1.82, 2.24) is 0 Å². The van der Waals surface area contributed by atoms with E-state index in [4.69, 9.17) is 4.99 Å². The Morgan fingerprint density at radius 1 is 0.571 bits per heavy atom. The van der Waals surface area contributed by atoms with E-state index in [1.165, 1.54) is 21.5 Å². The molecule has 0 radical (unpaired) electrons. The van der Waals surface area contributed by atoms with Gasteiger partial charge < -0.3 is 0 Å². The minimum absolute atomic E-state index is 0.638. The van der Waals surface area contributed by atoms with Crippen LogP contribution < -0.4 is 15.9 Å². The fraction of sp³-hybridized carbons (Fsp3) is 0. The molecule has 5 aromatic rings. The van der Waals surface area contributed by atoms with Gasteiger partial charge >= 0.3 is 35.1 Å². The minimum atomic E-state index is -0.638. The zero-order valence-electron chi connectivity index (χ0n) is 19.0. The van der Waals surface area contributed by atoms with Crippen molar-refractivity contribution >= 4 is 55.3 Å². The Bertz CT molecular complexity index is 1180. The van der Waals surface area contributed by atoms with Crippen LogP contribution in [0.2, 0.25) is 0 Å². The Hall–Kier alpha value is -2.41. The fourth-order valence-electron chi connectivity index (χ4n) is 3.38. The zero-order valence-corrected chi connectivity index (χ0v) is 23.6. The molecule has 1 nitrogen and oxygen atoms in total. The van der Waals surface area contributed by atoms with Crippen molar-refractivity contribution in [2.75, 3.05) is 0 Å². The normalized spacial score (nSPS) is 10.2. The molecule has 0 fully saturated rings. The van der Waals surface area contributed by atoms with Gasteiger partial charge in [0.2, 0.25) is 0 Å². The van der Waals surface area contributed by atoms with Crippen molar-refractivity contribution in [2.24, 2.45) is 4.99 Å². The summed E-state index contributed by atoms with van der Waals surface area (Å²) >= 11 is 4.72. The summed E-state index contributed by atoms with van der Waals surface area (Å²) in [5.74, 6) is 0. The van der Waals surface area contributed by atoms with Gasteiger partial charge in [0.05, 0.1) is 5.69 Å². The largest absolute Gasteiger partial charge is 0.184 e. The predicted molar refractivity (Wildman–Crippen MR) is 158 cm³/mol. The van der Waals surface area contributed by atoms with Gasteiger partial charge in [0, 0.05) is 11.8 Å². The summed E-state index contributed by atoms with van der Waals surface area (Å²) in [5.41, 5.74) is 2.14. The first-order valence-corrected chi connectivity index (χ1v) is 17.0. The molecular weight excluding hydrogens is 651 g/mol. The van der Waals surface area contributed by atoms with E-state index in [-0.39, 0.29) is 0 Å². The Balaban J connectivity index is 0.000000369. The van der Waals surface area contributed by atoms with Gasteiger partial charge in [0.25, 0.3) is 0 Å². The molecule has 0 heterocycles. The molecule has 0 aliphatic carbocycles. The van der Waals surface area contributed by atoms with Crippen LogP contribution in [0.25, 0.3) is 0 Å². The van der Waals surface area contributed by atoms with E-state index in [9.17, 15) is 0 Å². The van der Waals surface area contributed by atoms with E-state index in [0.717, 1.165) is 5.69 Å². The second-order valence-electron chi connectivity index (χ2n) is 7.24. The van der Waals surface area contributed by atoms with Gasteiger partial charge in [-0.2, -0.15) is 36.4 Å². The van der Waals surface area contributed by atoms with Crippen LogP contribution in [0, 0.1) is 6.07 Å². The first kappa shape index (κ1) is 27.2. The molecule has 0 bridgehead atoms. The van der Waals surface area contributed by atoms with Gasteiger partial charge in [-0.1, -0.05) is 103 Å². The van der Waals surface area contributed by atoms with Crippen molar-refractivity contribution in [2.45, 2.75) is 0 Å². The fourth-order valence-corrected chi connectivity index (χ4v) is 5.80. The third kappa shape index (κ3) is 8.95. The molecule has 0 saturated heterocycles. The van der Waals surface area contributed by atoms with E-state index >= 15 is 0 Å². The maximum Gasteiger partial charge on any atom is -0.171 e. The van der Waals surface area contributed by atoms with Crippen LogP contribution in [-0.2, 0) is 15.6 Å². The smallest absolute Gasteiger partial charge is 0.171 e. The second kappa shape index (κ2) is 16.3. The molecule has 0 aliphatic heterocycles.